The molecule has 0 aliphatic carbocycles. The summed E-state index contributed by atoms with van der Waals surface area (Å²) < 4.78 is 7.08. The van der Waals surface area contributed by atoms with Crippen LogP contribution in [0.3, 0.4) is 0 Å². The first-order valence-corrected chi connectivity index (χ1v) is 6.63. The van der Waals surface area contributed by atoms with Crippen molar-refractivity contribution < 1.29 is 9.53 Å². The molecule has 3 nitrogen and oxygen atoms in total. The van der Waals surface area contributed by atoms with Crippen LogP contribution in [0, 0.1) is 0 Å². The predicted molar refractivity (Wildman–Crippen MR) is 77.8 cm³/mol. The van der Waals surface area contributed by atoms with Crippen LogP contribution in [-0.4, -0.2) is 10.4 Å². The summed E-state index contributed by atoms with van der Waals surface area (Å²) in [6.07, 6.45) is 5.40. The molecule has 1 aliphatic rings. The highest BCUT2D eigenvalue weighted by Crippen LogP contribution is 2.23. The highest BCUT2D eigenvalue weighted by molar-refractivity contribution is 5.75. The standard InChI is InChI=1S/C9H8O2.C8H7N/c10-9-6-5-7-3-1-2-4-8(7)11-9;1-2-6-9-7-3-5-8(9)4-1/h1-4H,5-6H2;1-7H. The quantitative estimate of drug-likeness (QED) is 0.460. The summed E-state index contributed by atoms with van der Waals surface area (Å²) in [5.41, 5.74) is 2.38. The number of pyridine rings is 1. The van der Waals surface area contributed by atoms with Gasteiger partial charge in [0.05, 0.1) is 6.42 Å². The van der Waals surface area contributed by atoms with Gasteiger partial charge < -0.3 is 9.14 Å². The molecule has 2 aromatic heterocycles. The average molecular weight is 265 g/mol. The summed E-state index contributed by atoms with van der Waals surface area (Å²) in [5, 5.41) is 0. The third kappa shape index (κ3) is 2.72. The van der Waals surface area contributed by atoms with Gasteiger partial charge in [-0.2, -0.15) is 0 Å². The van der Waals surface area contributed by atoms with Crippen LogP contribution in [-0.2, 0) is 11.2 Å². The van der Waals surface area contributed by atoms with E-state index in [4.69, 9.17) is 4.74 Å². The Kier molecular flexibility index (Phi) is 3.50. The first-order valence-electron chi connectivity index (χ1n) is 6.63. The van der Waals surface area contributed by atoms with E-state index in [0.717, 1.165) is 17.7 Å². The number of benzene rings is 1. The first-order chi connectivity index (χ1) is 9.83. The van der Waals surface area contributed by atoms with E-state index < -0.39 is 0 Å². The molecule has 4 rings (SSSR count). The van der Waals surface area contributed by atoms with Crippen molar-refractivity contribution in [3.05, 3.63) is 72.6 Å². The molecule has 1 aromatic carbocycles. The van der Waals surface area contributed by atoms with Crippen LogP contribution < -0.4 is 4.74 Å². The second kappa shape index (κ2) is 5.61. The lowest BCUT2D eigenvalue weighted by Crippen LogP contribution is -2.15. The Labute approximate surface area is 117 Å². The van der Waals surface area contributed by atoms with Crippen molar-refractivity contribution in [2.24, 2.45) is 0 Å². The third-order valence-corrected chi connectivity index (χ3v) is 3.23. The van der Waals surface area contributed by atoms with Gasteiger partial charge in [0.2, 0.25) is 0 Å². The molecule has 3 heterocycles. The lowest BCUT2D eigenvalue weighted by molar-refractivity contribution is -0.135. The van der Waals surface area contributed by atoms with Crippen LogP contribution in [0.2, 0.25) is 0 Å². The fourth-order valence-corrected chi connectivity index (χ4v) is 2.20. The summed E-state index contributed by atoms with van der Waals surface area (Å²) in [7, 11) is 0. The van der Waals surface area contributed by atoms with Crippen molar-refractivity contribution in [1.82, 2.24) is 4.40 Å². The number of carbonyl (C=O) groups excluding carboxylic acids is 1. The first kappa shape index (κ1) is 12.5. The highest BCUT2D eigenvalue weighted by atomic mass is 16.5. The number of hydrogen-bond acceptors (Lipinski definition) is 2. The smallest absolute Gasteiger partial charge is 0.311 e. The van der Waals surface area contributed by atoms with Crippen molar-refractivity contribution in [3.8, 4) is 5.75 Å². The van der Waals surface area contributed by atoms with Gasteiger partial charge >= 0.3 is 5.97 Å². The summed E-state index contributed by atoms with van der Waals surface area (Å²) in [5.74, 6) is 0.604. The molecule has 100 valence electrons. The van der Waals surface area contributed by atoms with Gasteiger partial charge in [-0.3, -0.25) is 4.79 Å². The van der Waals surface area contributed by atoms with E-state index in [1.165, 1.54) is 5.52 Å². The number of nitrogens with zero attached hydrogens (tertiary/aromatic N) is 1. The minimum absolute atomic E-state index is 0.122. The second-order valence-electron chi connectivity index (χ2n) is 4.62. The van der Waals surface area contributed by atoms with Gasteiger partial charge in [0.25, 0.3) is 0 Å². The van der Waals surface area contributed by atoms with Gasteiger partial charge in [-0.25, -0.2) is 0 Å². The minimum Gasteiger partial charge on any atom is -0.426 e. The van der Waals surface area contributed by atoms with Crippen molar-refractivity contribution in [2.45, 2.75) is 12.8 Å². The molecule has 3 heteroatoms. The molecule has 3 aromatic rings. The summed E-state index contributed by atoms with van der Waals surface area (Å²) in [4.78, 5) is 10.8. The fourth-order valence-electron chi connectivity index (χ4n) is 2.20. The second-order valence-corrected chi connectivity index (χ2v) is 4.62. The number of hydrogen-bond donors (Lipinski definition) is 0. The van der Waals surface area contributed by atoms with E-state index >= 15 is 0 Å². The summed E-state index contributed by atoms with van der Waals surface area (Å²) >= 11 is 0. The molecule has 0 unspecified atom stereocenters. The minimum atomic E-state index is -0.122. The number of para-hydroxylation sites is 1. The number of fused-ring (bicyclic) bond motifs is 2. The monoisotopic (exact) mass is 265 g/mol. The maximum Gasteiger partial charge on any atom is 0.311 e. The molecule has 0 saturated heterocycles. The molecule has 0 amide bonds. The van der Waals surface area contributed by atoms with Crippen molar-refractivity contribution in [1.29, 1.82) is 0 Å². The van der Waals surface area contributed by atoms with Gasteiger partial charge in [-0.1, -0.05) is 24.3 Å². The zero-order chi connectivity index (χ0) is 13.8. The lowest BCUT2D eigenvalue weighted by atomic mass is 10.1. The summed E-state index contributed by atoms with van der Waals surface area (Å²) in [6, 6.07) is 17.9. The predicted octanol–water partition coefficient (Wildman–Crippen LogP) is 3.48. The summed E-state index contributed by atoms with van der Waals surface area (Å²) in [6.45, 7) is 0. The topological polar surface area (TPSA) is 30.7 Å². The average Bonchev–Trinajstić information content (AvgIpc) is 2.96. The zero-order valence-electron chi connectivity index (χ0n) is 11.0. The van der Waals surface area contributed by atoms with Crippen LogP contribution in [0.15, 0.2) is 67.0 Å². The number of esters is 1. The molecule has 0 fully saturated rings. The molecule has 0 bridgehead atoms. The highest BCUT2D eigenvalue weighted by Gasteiger charge is 2.15. The number of carbonyl (C=O) groups is 1. The van der Waals surface area contributed by atoms with E-state index in [1.807, 2.05) is 54.9 Å². The van der Waals surface area contributed by atoms with E-state index in [9.17, 15) is 4.79 Å². The zero-order valence-corrected chi connectivity index (χ0v) is 11.0. The SMILES string of the molecule is O=C1CCc2ccccc2O1.c1ccn2cccc2c1. The maximum absolute atomic E-state index is 10.8. The van der Waals surface area contributed by atoms with Gasteiger partial charge in [0, 0.05) is 17.9 Å². The fraction of sp³-hybridized carbons (Fsp3) is 0.118. The van der Waals surface area contributed by atoms with Crippen LogP contribution >= 0.6 is 0 Å². The normalized spacial score (nSPS) is 13.1. The third-order valence-electron chi connectivity index (χ3n) is 3.23. The number of aromatic nitrogens is 1. The van der Waals surface area contributed by atoms with Crippen LogP contribution in [0.4, 0.5) is 0 Å². The van der Waals surface area contributed by atoms with E-state index in [0.29, 0.717) is 6.42 Å². The van der Waals surface area contributed by atoms with Crippen LogP contribution in [0.25, 0.3) is 5.52 Å². The molecule has 20 heavy (non-hydrogen) atoms. The molecule has 0 N–H and O–H groups in total. The molecule has 0 radical (unpaired) electrons. The Balaban J connectivity index is 0.000000123. The maximum atomic E-state index is 10.8. The Bertz CT molecular complexity index is 700. The van der Waals surface area contributed by atoms with E-state index in [2.05, 4.69) is 16.5 Å². The Morgan fingerprint density at radius 1 is 0.850 bits per heavy atom. The number of ether oxygens (including phenoxy) is 1. The van der Waals surface area contributed by atoms with Crippen molar-refractivity contribution >= 4 is 11.5 Å². The number of rotatable bonds is 0. The van der Waals surface area contributed by atoms with E-state index in [1.54, 1.807) is 0 Å². The largest absolute Gasteiger partial charge is 0.426 e. The number of aryl methyl sites for hydroxylation is 1. The van der Waals surface area contributed by atoms with E-state index in [-0.39, 0.29) is 5.97 Å². The van der Waals surface area contributed by atoms with Crippen molar-refractivity contribution in [3.63, 3.8) is 0 Å². The molecule has 0 saturated carbocycles. The molecular formula is C17H15NO2. The van der Waals surface area contributed by atoms with Gasteiger partial charge in [0.15, 0.2) is 0 Å². The molecular weight excluding hydrogens is 250 g/mol. The van der Waals surface area contributed by atoms with Gasteiger partial charge in [0.1, 0.15) is 5.75 Å². The van der Waals surface area contributed by atoms with Crippen molar-refractivity contribution in [2.75, 3.05) is 0 Å². The Morgan fingerprint density at radius 3 is 2.50 bits per heavy atom. The van der Waals surface area contributed by atoms with Crippen LogP contribution in [0.5, 0.6) is 5.75 Å². The van der Waals surface area contributed by atoms with Gasteiger partial charge in [-0.15, -0.1) is 0 Å². The Hall–Kier alpha value is -2.55. The lowest BCUT2D eigenvalue weighted by Gasteiger charge is -2.13. The van der Waals surface area contributed by atoms with Crippen LogP contribution in [0.1, 0.15) is 12.0 Å². The molecule has 0 atom stereocenters. The molecule has 1 aliphatic heterocycles. The van der Waals surface area contributed by atoms with Gasteiger partial charge in [-0.05, 0) is 42.3 Å². The molecule has 0 spiro atoms. The Morgan fingerprint density at radius 2 is 1.60 bits per heavy atom.